The van der Waals surface area contributed by atoms with Gasteiger partial charge in [0, 0.05) is 5.56 Å². The van der Waals surface area contributed by atoms with Gasteiger partial charge in [-0.2, -0.15) is 0 Å². The third-order valence-corrected chi connectivity index (χ3v) is 4.33. The third-order valence-electron chi connectivity index (χ3n) is 3.31. The SMILES string of the molecule is COc1ccccc1C(Br)c1ccc(C(C)C)cc1. The Hall–Kier alpha value is -1.28. The molecular weight excluding hydrogens is 300 g/mol. The molecule has 1 nitrogen and oxygen atoms in total. The fourth-order valence-electron chi connectivity index (χ4n) is 2.11. The number of halogens is 1. The van der Waals surface area contributed by atoms with Crippen molar-refractivity contribution in [3.63, 3.8) is 0 Å². The molecule has 0 aliphatic heterocycles. The van der Waals surface area contributed by atoms with E-state index in [1.807, 2.05) is 18.2 Å². The first-order valence-electron chi connectivity index (χ1n) is 6.50. The molecule has 0 N–H and O–H groups in total. The van der Waals surface area contributed by atoms with Gasteiger partial charge in [-0.3, -0.25) is 0 Å². The van der Waals surface area contributed by atoms with Crippen molar-refractivity contribution in [1.82, 2.24) is 0 Å². The zero-order valence-electron chi connectivity index (χ0n) is 11.6. The summed E-state index contributed by atoms with van der Waals surface area (Å²) in [5.74, 6) is 1.48. The average Bonchev–Trinajstić information content (AvgIpc) is 2.46. The van der Waals surface area contributed by atoms with Crippen molar-refractivity contribution in [3.8, 4) is 5.75 Å². The van der Waals surface area contributed by atoms with Gasteiger partial charge in [-0.05, 0) is 23.1 Å². The molecule has 2 aromatic carbocycles. The summed E-state index contributed by atoms with van der Waals surface area (Å²) in [6, 6.07) is 16.9. The van der Waals surface area contributed by atoms with Gasteiger partial charge in [0.15, 0.2) is 0 Å². The smallest absolute Gasteiger partial charge is 0.123 e. The van der Waals surface area contributed by atoms with Crippen LogP contribution in [0, 0.1) is 0 Å². The van der Waals surface area contributed by atoms with Crippen molar-refractivity contribution in [1.29, 1.82) is 0 Å². The van der Waals surface area contributed by atoms with Crippen molar-refractivity contribution in [2.75, 3.05) is 7.11 Å². The summed E-state index contributed by atoms with van der Waals surface area (Å²) in [6.45, 7) is 4.42. The summed E-state index contributed by atoms with van der Waals surface area (Å²) < 4.78 is 5.42. The number of para-hydroxylation sites is 1. The van der Waals surface area contributed by atoms with Crippen LogP contribution in [0.1, 0.15) is 41.3 Å². The van der Waals surface area contributed by atoms with Crippen molar-refractivity contribution < 1.29 is 4.74 Å². The number of hydrogen-bond acceptors (Lipinski definition) is 1. The first-order valence-corrected chi connectivity index (χ1v) is 7.42. The standard InChI is InChI=1S/C17H19BrO/c1-12(2)13-8-10-14(11-9-13)17(18)15-6-4-5-7-16(15)19-3/h4-12,17H,1-3H3. The lowest BCUT2D eigenvalue weighted by molar-refractivity contribution is 0.410. The molecule has 0 fully saturated rings. The minimum atomic E-state index is 0.157. The van der Waals surface area contributed by atoms with Crippen molar-refractivity contribution >= 4 is 15.9 Å². The summed E-state index contributed by atoms with van der Waals surface area (Å²) in [6.07, 6.45) is 0. The second kappa shape index (κ2) is 6.25. The van der Waals surface area contributed by atoms with Crippen LogP contribution in [0.4, 0.5) is 0 Å². The molecule has 1 unspecified atom stereocenters. The molecule has 0 aliphatic carbocycles. The Morgan fingerprint density at radius 2 is 1.47 bits per heavy atom. The van der Waals surface area contributed by atoms with E-state index in [0.717, 1.165) is 11.3 Å². The highest BCUT2D eigenvalue weighted by Gasteiger charge is 2.14. The number of ether oxygens (including phenoxy) is 1. The molecule has 0 aliphatic rings. The van der Waals surface area contributed by atoms with Gasteiger partial charge in [0.1, 0.15) is 5.75 Å². The minimum absolute atomic E-state index is 0.157. The molecule has 2 rings (SSSR count). The van der Waals surface area contributed by atoms with Crippen molar-refractivity contribution in [2.45, 2.75) is 24.6 Å². The molecule has 1 atom stereocenters. The normalized spacial score (nSPS) is 12.5. The number of benzene rings is 2. The summed E-state index contributed by atoms with van der Waals surface area (Å²) >= 11 is 3.77. The van der Waals surface area contributed by atoms with Gasteiger partial charge in [0.05, 0.1) is 11.9 Å². The van der Waals surface area contributed by atoms with Crippen LogP contribution in [0.15, 0.2) is 48.5 Å². The van der Waals surface area contributed by atoms with Crippen LogP contribution in [0.3, 0.4) is 0 Å². The number of methoxy groups -OCH3 is 1. The van der Waals surface area contributed by atoms with E-state index < -0.39 is 0 Å². The second-order valence-electron chi connectivity index (χ2n) is 4.93. The minimum Gasteiger partial charge on any atom is -0.496 e. The maximum absolute atomic E-state index is 5.42. The largest absolute Gasteiger partial charge is 0.496 e. The maximum Gasteiger partial charge on any atom is 0.123 e. The van der Waals surface area contributed by atoms with Crippen molar-refractivity contribution in [2.24, 2.45) is 0 Å². The Kier molecular flexibility index (Phi) is 4.65. The molecule has 2 aromatic rings. The van der Waals surface area contributed by atoms with Gasteiger partial charge in [0.2, 0.25) is 0 Å². The highest BCUT2D eigenvalue weighted by Crippen LogP contribution is 2.36. The molecule has 0 amide bonds. The Labute approximate surface area is 123 Å². The third kappa shape index (κ3) is 3.19. The van der Waals surface area contributed by atoms with Crippen LogP contribution in [0.5, 0.6) is 5.75 Å². The molecular formula is C17H19BrO. The second-order valence-corrected chi connectivity index (χ2v) is 5.84. The average molecular weight is 319 g/mol. The topological polar surface area (TPSA) is 9.23 Å². The van der Waals surface area contributed by atoms with Crippen LogP contribution in [-0.2, 0) is 0 Å². The molecule has 0 radical (unpaired) electrons. The fraction of sp³-hybridized carbons (Fsp3) is 0.294. The lowest BCUT2D eigenvalue weighted by atomic mass is 9.98. The molecule has 0 bridgehead atoms. The summed E-state index contributed by atoms with van der Waals surface area (Å²) in [4.78, 5) is 0.157. The number of hydrogen-bond donors (Lipinski definition) is 0. The molecule has 19 heavy (non-hydrogen) atoms. The maximum atomic E-state index is 5.42. The van der Waals surface area contributed by atoms with Crippen LogP contribution in [0.2, 0.25) is 0 Å². The summed E-state index contributed by atoms with van der Waals surface area (Å²) in [5.41, 5.74) is 3.76. The predicted octanol–water partition coefficient (Wildman–Crippen LogP) is 5.30. The molecule has 100 valence electrons. The van der Waals surface area contributed by atoms with E-state index in [2.05, 4.69) is 60.1 Å². The van der Waals surface area contributed by atoms with Crippen LogP contribution in [0.25, 0.3) is 0 Å². The molecule has 0 heterocycles. The Morgan fingerprint density at radius 1 is 0.895 bits per heavy atom. The zero-order valence-corrected chi connectivity index (χ0v) is 13.1. The Bertz CT molecular complexity index is 531. The van der Waals surface area contributed by atoms with E-state index >= 15 is 0 Å². The molecule has 0 aromatic heterocycles. The van der Waals surface area contributed by atoms with Gasteiger partial charge >= 0.3 is 0 Å². The van der Waals surface area contributed by atoms with Gasteiger partial charge in [-0.1, -0.05) is 72.2 Å². The van der Waals surface area contributed by atoms with E-state index in [1.54, 1.807) is 7.11 Å². The van der Waals surface area contributed by atoms with Gasteiger partial charge in [-0.25, -0.2) is 0 Å². The fourth-order valence-corrected chi connectivity index (χ4v) is 2.79. The molecule has 0 saturated carbocycles. The quantitative estimate of drug-likeness (QED) is 0.695. The van der Waals surface area contributed by atoms with E-state index in [0.29, 0.717) is 5.92 Å². The highest BCUT2D eigenvalue weighted by atomic mass is 79.9. The van der Waals surface area contributed by atoms with E-state index in [1.165, 1.54) is 11.1 Å². The van der Waals surface area contributed by atoms with Crippen molar-refractivity contribution in [3.05, 3.63) is 65.2 Å². The van der Waals surface area contributed by atoms with Crippen LogP contribution >= 0.6 is 15.9 Å². The van der Waals surface area contributed by atoms with Crippen LogP contribution in [-0.4, -0.2) is 7.11 Å². The lowest BCUT2D eigenvalue weighted by Gasteiger charge is -2.15. The van der Waals surface area contributed by atoms with E-state index in [9.17, 15) is 0 Å². The molecule has 0 saturated heterocycles. The zero-order chi connectivity index (χ0) is 13.8. The highest BCUT2D eigenvalue weighted by molar-refractivity contribution is 9.09. The predicted molar refractivity (Wildman–Crippen MR) is 84.3 cm³/mol. The van der Waals surface area contributed by atoms with E-state index in [4.69, 9.17) is 4.74 Å². The monoisotopic (exact) mass is 318 g/mol. The van der Waals surface area contributed by atoms with Gasteiger partial charge in [0.25, 0.3) is 0 Å². The molecule has 0 spiro atoms. The molecule has 2 heteroatoms. The van der Waals surface area contributed by atoms with E-state index in [-0.39, 0.29) is 4.83 Å². The Morgan fingerprint density at radius 3 is 2.05 bits per heavy atom. The lowest BCUT2D eigenvalue weighted by Crippen LogP contribution is -1.97. The first kappa shape index (κ1) is 14.1. The Balaban J connectivity index is 2.30. The summed E-state index contributed by atoms with van der Waals surface area (Å²) in [7, 11) is 1.71. The van der Waals surface area contributed by atoms with Crippen LogP contribution < -0.4 is 4.74 Å². The first-order chi connectivity index (χ1) is 9.13. The van der Waals surface area contributed by atoms with Gasteiger partial charge in [-0.15, -0.1) is 0 Å². The number of alkyl halides is 1. The number of rotatable bonds is 4. The summed E-state index contributed by atoms with van der Waals surface area (Å²) in [5, 5.41) is 0. The van der Waals surface area contributed by atoms with Gasteiger partial charge < -0.3 is 4.74 Å².